The molecule has 0 aliphatic rings. The van der Waals surface area contributed by atoms with E-state index < -0.39 is 30.0 Å². The molecule has 178 valence electrons. The number of carboxylic acid groups (broad SMARTS) is 1. The number of amides is 1. The number of carboxylic acids is 1. The van der Waals surface area contributed by atoms with Crippen molar-refractivity contribution in [3.63, 3.8) is 0 Å². The van der Waals surface area contributed by atoms with Gasteiger partial charge in [0.2, 0.25) is 0 Å². The summed E-state index contributed by atoms with van der Waals surface area (Å²) in [5.41, 5.74) is 3.35. The minimum absolute atomic E-state index is 0.0703. The lowest BCUT2D eigenvalue weighted by atomic mass is 9.94. The number of nitrogens with one attached hydrogen (secondary N) is 1. The van der Waals surface area contributed by atoms with Gasteiger partial charge in [0.05, 0.1) is 23.2 Å². The van der Waals surface area contributed by atoms with E-state index in [0.29, 0.717) is 27.7 Å². The number of fused-ring (bicyclic) bond motifs is 1. The quantitative estimate of drug-likeness (QED) is 0.264. The van der Waals surface area contributed by atoms with Gasteiger partial charge in [-0.1, -0.05) is 63.9 Å². The molecule has 0 unspecified atom stereocenters. The molecule has 1 atom stereocenters. The lowest BCUT2D eigenvalue weighted by molar-refractivity contribution is -0.137. The molecule has 1 aromatic heterocycles. The van der Waals surface area contributed by atoms with Crippen molar-refractivity contribution in [1.29, 1.82) is 0 Å². The molecular weight excluding hydrogens is 535 g/mol. The number of rotatable bonds is 7. The maximum absolute atomic E-state index is 14.6. The van der Waals surface area contributed by atoms with Crippen LogP contribution in [0.4, 0.5) is 4.39 Å². The molecule has 4 rings (SSSR count). The molecule has 0 aliphatic carbocycles. The number of carbonyl (C=O) groups is 2. The highest BCUT2D eigenvalue weighted by atomic mass is 79.9. The van der Waals surface area contributed by atoms with Crippen molar-refractivity contribution in [3.8, 4) is 11.3 Å². The monoisotopic (exact) mass is 554 g/mol. The number of halogens is 3. The number of hydrogen-bond acceptors (Lipinski definition) is 3. The zero-order valence-corrected chi connectivity index (χ0v) is 21.0. The Morgan fingerprint density at radius 2 is 1.86 bits per heavy atom. The molecule has 0 radical (unpaired) electrons. The number of hydrogen-bond donors (Lipinski definition) is 2. The molecule has 35 heavy (non-hydrogen) atoms. The lowest BCUT2D eigenvalue weighted by Gasteiger charge is -2.20. The van der Waals surface area contributed by atoms with Gasteiger partial charge in [-0.15, -0.1) is 0 Å². The molecule has 0 fully saturated rings. The summed E-state index contributed by atoms with van der Waals surface area (Å²) in [6.45, 7) is 1.72. The molecule has 0 saturated heterocycles. The first-order valence-electron chi connectivity index (χ1n) is 10.9. The molecule has 0 bridgehead atoms. The summed E-state index contributed by atoms with van der Waals surface area (Å²) in [6, 6.07) is 19.2. The fourth-order valence-corrected chi connectivity index (χ4v) is 4.87. The average molecular weight is 556 g/mol. The summed E-state index contributed by atoms with van der Waals surface area (Å²) in [6.07, 6.45) is -0.391. The molecular formula is C27H21BrClFN2O3. The van der Waals surface area contributed by atoms with E-state index in [-0.39, 0.29) is 17.1 Å². The molecule has 2 N–H and O–H groups in total. The molecule has 3 aromatic carbocycles. The average Bonchev–Trinajstić information content (AvgIpc) is 2.82. The fourth-order valence-electron chi connectivity index (χ4n) is 4.19. The van der Waals surface area contributed by atoms with Crippen LogP contribution < -0.4 is 5.32 Å². The topological polar surface area (TPSA) is 79.3 Å². The molecule has 1 heterocycles. The smallest absolute Gasteiger partial charge is 0.304 e. The Morgan fingerprint density at radius 3 is 2.54 bits per heavy atom. The van der Waals surface area contributed by atoms with Crippen molar-refractivity contribution in [3.05, 3.63) is 98.7 Å². The Kier molecular flexibility index (Phi) is 7.48. The van der Waals surface area contributed by atoms with Gasteiger partial charge in [0.1, 0.15) is 5.82 Å². The van der Waals surface area contributed by atoms with Gasteiger partial charge in [-0.05, 0) is 42.8 Å². The van der Waals surface area contributed by atoms with Crippen molar-refractivity contribution >= 4 is 50.3 Å². The summed E-state index contributed by atoms with van der Waals surface area (Å²) in [4.78, 5) is 29.8. The van der Waals surface area contributed by atoms with Crippen LogP contribution in [-0.4, -0.2) is 28.5 Å². The standard InChI is InChI=1S/C27H21BrClFN2O3/c1-15-24(19-13-18(28)10-11-22(19)32-26(15)16-6-3-2-4-7-16)27(35)31-14-17(12-23(33)34)25-20(29)8-5-9-21(25)30/h2-11,13,17H,12,14H2,1H3,(H,31,35)(H,33,34)/t17-/m1/s1. The Bertz CT molecular complexity index is 1410. The first-order chi connectivity index (χ1) is 16.8. The van der Waals surface area contributed by atoms with Crippen LogP contribution in [-0.2, 0) is 4.79 Å². The maximum Gasteiger partial charge on any atom is 0.304 e. The molecule has 8 heteroatoms. The van der Waals surface area contributed by atoms with Gasteiger partial charge in [-0.2, -0.15) is 0 Å². The first kappa shape index (κ1) is 24.8. The van der Waals surface area contributed by atoms with Crippen molar-refractivity contribution < 1.29 is 19.1 Å². The Hall–Kier alpha value is -3.29. The van der Waals surface area contributed by atoms with Crippen molar-refractivity contribution in [2.45, 2.75) is 19.3 Å². The summed E-state index contributed by atoms with van der Waals surface area (Å²) < 4.78 is 15.3. The highest BCUT2D eigenvalue weighted by Crippen LogP contribution is 2.32. The summed E-state index contributed by atoms with van der Waals surface area (Å²) >= 11 is 9.65. The Labute approximate surface area is 215 Å². The molecule has 0 aliphatic heterocycles. The van der Waals surface area contributed by atoms with Gasteiger partial charge in [0.25, 0.3) is 5.91 Å². The van der Waals surface area contributed by atoms with Gasteiger partial charge in [0.15, 0.2) is 0 Å². The molecule has 0 saturated carbocycles. The number of pyridine rings is 1. The normalized spacial score (nSPS) is 11.9. The van der Waals surface area contributed by atoms with E-state index in [9.17, 15) is 19.1 Å². The minimum Gasteiger partial charge on any atom is -0.481 e. The van der Waals surface area contributed by atoms with Gasteiger partial charge in [-0.3, -0.25) is 9.59 Å². The van der Waals surface area contributed by atoms with Crippen LogP contribution in [0.15, 0.2) is 71.2 Å². The number of aromatic nitrogens is 1. The van der Waals surface area contributed by atoms with Gasteiger partial charge < -0.3 is 10.4 Å². The molecule has 0 spiro atoms. The zero-order chi connectivity index (χ0) is 25.1. The molecule has 5 nitrogen and oxygen atoms in total. The van der Waals surface area contributed by atoms with Crippen LogP contribution in [0.2, 0.25) is 5.02 Å². The zero-order valence-electron chi connectivity index (χ0n) is 18.7. The minimum atomic E-state index is -1.12. The first-order valence-corrected chi connectivity index (χ1v) is 12.0. The number of nitrogens with zero attached hydrogens (tertiary/aromatic N) is 1. The van der Waals surface area contributed by atoms with Crippen molar-refractivity contribution in [1.82, 2.24) is 10.3 Å². The second-order valence-electron chi connectivity index (χ2n) is 8.13. The Morgan fingerprint density at radius 1 is 1.11 bits per heavy atom. The maximum atomic E-state index is 14.6. The van der Waals surface area contributed by atoms with E-state index in [4.69, 9.17) is 16.6 Å². The summed E-state index contributed by atoms with van der Waals surface area (Å²) in [7, 11) is 0. The third kappa shape index (κ3) is 5.36. The van der Waals surface area contributed by atoms with Crippen LogP contribution in [0.3, 0.4) is 0 Å². The van der Waals surface area contributed by atoms with E-state index in [1.54, 1.807) is 0 Å². The van der Waals surface area contributed by atoms with E-state index in [1.807, 2.05) is 55.5 Å². The third-order valence-electron chi connectivity index (χ3n) is 5.80. The third-order valence-corrected chi connectivity index (χ3v) is 6.63. The largest absolute Gasteiger partial charge is 0.481 e. The van der Waals surface area contributed by atoms with Crippen molar-refractivity contribution in [2.24, 2.45) is 0 Å². The van der Waals surface area contributed by atoms with Crippen LogP contribution >= 0.6 is 27.5 Å². The van der Waals surface area contributed by atoms with Crippen LogP contribution in [0.1, 0.15) is 33.8 Å². The number of benzene rings is 3. The van der Waals surface area contributed by atoms with E-state index in [1.165, 1.54) is 18.2 Å². The molecule has 4 aromatic rings. The summed E-state index contributed by atoms with van der Waals surface area (Å²) in [5, 5.41) is 13.0. The fraction of sp³-hybridized carbons (Fsp3) is 0.148. The van der Waals surface area contributed by atoms with Gasteiger partial charge >= 0.3 is 5.97 Å². The number of aliphatic carboxylic acids is 1. The van der Waals surface area contributed by atoms with Crippen LogP contribution in [0.5, 0.6) is 0 Å². The van der Waals surface area contributed by atoms with Gasteiger partial charge in [0, 0.05) is 38.5 Å². The highest BCUT2D eigenvalue weighted by Gasteiger charge is 2.25. The second kappa shape index (κ2) is 10.5. The van der Waals surface area contributed by atoms with E-state index in [0.717, 1.165) is 10.0 Å². The van der Waals surface area contributed by atoms with Crippen LogP contribution in [0, 0.1) is 12.7 Å². The highest BCUT2D eigenvalue weighted by molar-refractivity contribution is 9.10. The van der Waals surface area contributed by atoms with Crippen molar-refractivity contribution in [2.75, 3.05) is 6.54 Å². The lowest BCUT2D eigenvalue weighted by Crippen LogP contribution is -2.31. The predicted octanol–water partition coefficient (Wildman–Crippen LogP) is 6.75. The van der Waals surface area contributed by atoms with Gasteiger partial charge in [-0.25, -0.2) is 9.37 Å². The van der Waals surface area contributed by atoms with Crippen LogP contribution in [0.25, 0.3) is 22.2 Å². The summed E-state index contributed by atoms with van der Waals surface area (Å²) in [5.74, 6) is -2.99. The SMILES string of the molecule is Cc1c(-c2ccccc2)nc2ccc(Br)cc2c1C(=O)NC[C@@H](CC(=O)O)c1c(F)cccc1Cl. The molecule has 1 amide bonds. The second-order valence-corrected chi connectivity index (χ2v) is 9.45. The van der Waals surface area contributed by atoms with E-state index >= 15 is 0 Å². The Balaban J connectivity index is 1.75. The number of carbonyl (C=O) groups excluding carboxylic acids is 1. The van der Waals surface area contributed by atoms with E-state index in [2.05, 4.69) is 21.2 Å². The predicted molar refractivity (Wildman–Crippen MR) is 138 cm³/mol.